The van der Waals surface area contributed by atoms with Crippen LogP contribution < -0.4 is 10.2 Å². The van der Waals surface area contributed by atoms with Crippen molar-refractivity contribution in [2.45, 2.75) is 30.7 Å². The molecular weight excluding hydrogens is 600 g/mol. The van der Waals surface area contributed by atoms with Crippen LogP contribution in [0.15, 0.2) is 63.8 Å². The number of esters is 1. The number of phenols is 5. The van der Waals surface area contributed by atoms with Gasteiger partial charge in [0.1, 0.15) is 53.5 Å². The highest BCUT2D eigenvalue weighted by atomic mass is 16.7. The summed E-state index contributed by atoms with van der Waals surface area (Å²) < 4.78 is 21.6. The Labute approximate surface area is 251 Å². The van der Waals surface area contributed by atoms with Crippen molar-refractivity contribution in [3.8, 4) is 51.6 Å². The van der Waals surface area contributed by atoms with E-state index < -0.39 is 83.2 Å². The zero-order chi connectivity index (χ0) is 32.6. The number of aromatic hydroxyl groups is 6. The zero-order valence-corrected chi connectivity index (χ0v) is 22.8. The van der Waals surface area contributed by atoms with Gasteiger partial charge in [-0.1, -0.05) is 6.07 Å². The number of carbonyl (C=O) groups is 1. The van der Waals surface area contributed by atoms with E-state index in [2.05, 4.69) is 0 Å². The van der Waals surface area contributed by atoms with E-state index in [9.17, 15) is 55.5 Å². The summed E-state index contributed by atoms with van der Waals surface area (Å²) in [5.41, 5.74) is -0.916. The van der Waals surface area contributed by atoms with Gasteiger partial charge in [-0.05, 0) is 42.0 Å². The molecule has 4 aromatic rings. The van der Waals surface area contributed by atoms with E-state index in [4.69, 9.17) is 18.6 Å². The van der Waals surface area contributed by atoms with E-state index in [-0.39, 0.29) is 28.0 Å². The molecule has 0 radical (unpaired) electrons. The second kappa shape index (κ2) is 12.3. The fraction of sp³-hybridized carbons (Fsp3) is 0.200. The van der Waals surface area contributed by atoms with E-state index >= 15 is 0 Å². The van der Waals surface area contributed by atoms with Gasteiger partial charge in [0.25, 0.3) is 0 Å². The average Bonchev–Trinajstić information content (AvgIpc) is 2.99. The fourth-order valence-corrected chi connectivity index (χ4v) is 4.53. The first-order chi connectivity index (χ1) is 21.3. The minimum atomic E-state index is -1.82. The van der Waals surface area contributed by atoms with Gasteiger partial charge in [-0.25, -0.2) is 4.79 Å². The van der Waals surface area contributed by atoms with Gasteiger partial charge in [0.05, 0.1) is 0 Å². The minimum Gasteiger partial charge on any atom is -0.508 e. The molecule has 15 heteroatoms. The van der Waals surface area contributed by atoms with E-state index in [0.717, 1.165) is 30.3 Å². The lowest BCUT2D eigenvalue weighted by Crippen LogP contribution is -2.60. The number of benzene rings is 3. The van der Waals surface area contributed by atoms with Crippen LogP contribution in [0, 0.1) is 0 Å². The monoisotopic (exact) mass is 626 g/mol. The van der Waals surface area contributed by atoms with Crippen molar-refractivity contribution >= 4 is 23.0 Å². The molecule has 1 aromatic heterocycles. The number of fused-ring (bicyclic) bond motifs is 1. The predicted molar refractivity (Wildman–Crippen MR) is 152 cm³/mol. The molecule has 45 heavy (non-hydrogen) atoms. The Morgan fingerprint density at radius 2 is 1.58 bits per heavy atom. The quantitative estimate of drug-likeness (QED) is 0.0791. The second-order valence-corrected chi connectivity index (χ2v) is 9.97. The van der Waals surface area contributed by atoms with Gasteiger partial charge in [0.2, 0.25) is 17.5 Å². The van der Waals surface area contributed by atoms with E-state index in [1.807, 2.05) is 0 Å². The van der Waals surface area contributed by atoms with E-state index in [1.165, 1.54) is 30.3 Å². The van der Waals surface area contributed by atoms with E-state index in [0.29, 0.717) is 5.56 Å². The lowest BCUT2D eigenvalue weighted by atomic mass is 9.99. The normalized spacial score (nSPS) is 21.6. The molecule has 1 aliphatic heterocycles. The number of aliphatic hydroxyl groups is 3. The molecule has 2 heterocycles. The Balaban J connectivity index is 1.29. The van der Waals surface area contributed by atoms with Crippen LogP contribution in [0.3, 0.4) is 0 Å². The number of carbonyl (C=O) groups excluding carboxylic acids is 1. The lowest BCUT2D eigenvalue weighted by Gasteiger charge is -2.39. The topological polar surface area (TPSA) is 257 Å². The number of ether oxygens (including phenoxy) is 3. The highest BCUT2D eigenvalue weighted by molar-refractivity contribution is 5.88. The third-order valence-electron chi connectivity index (χ3n) is 6.87. The van der Waals surface area contributed by atoms with Crippen LogP contribution in [0.2, 0.25) is 0 Å². The summed E-state index contributed by atoms with van der Waals surface area (Å²) in [5.74, 6) is -4.88. The van der Waals surface area contributed by atoms with Crippen LogP contribution in [-0.4, -0.2) is 89.2 Å². The van der Waals surface area contributed by atoms with Crippen molar-refractivity contribution < 1.29 is 69.4 Å². The number of hydrogen-bond acceptors (Lipinski definition) is 15. The molecule has 1 aliphatic rings. The van der Waals surface area contributed by atoms with E-state index in [1.54, 1.807) is 0 Å². The van der Waals surface area contributed by atoms with Crippen LogP contribution in [-0.2, 0) is 14.3 Å². The van der Waals surface area contributed by atoms with Crippen LogP contribution in [0.25, 0.3) is 28.4 Å². The SMILES string of the molecule is O=C(/C=C/c1ccc(O)c(O)c1)OC[C@H]1O[C@@H](Oc2ccc(-c3oc4cc(O)cc(O)c4c(=O)c3O)cc2O)[C@H](O)[C@@H](O)[C@@H]1O. The van der Waals surface area contributed by atoms with Crippen LogP contribution in [0.5, 0.6) is 40.2 Å². The molecule has 0 spiro atoms. The fourth-order valence-electron chi connectivity index (χ4n) is 4.53. The van der Waals surface area contributed by atoms with Crippen molar-refractivity contribution in [3.05, 3.63) is 70.4 Å². The molecule has 9 N–H and O–H groups in total. The molecule has 0 saturated carbocycles. The first-order valence-corrected chi connectivity index (χ1v) is 13.1. The maximum atomic E-state index is 12.6. The van der Waals surface area contributed by atoms with Crippen molar-refractivity contribution in [3.63, 3.8) is 0 Å². The summed E-state index contributed by atoms with van der Waals surface area (Å²) in [7, 11) is 0. The van der Waals surface area contributed by atoms with Crippen LogP contribution in [0.1, 0.15) is 5.56 Å². The number of hydrogen-bond donors (Lipinski definition) is 9. The Kier molecular flexibility index (Phi) is 8.43. The maximum Gasteiger partial charge on any atom is 0.330 e. The van der Waals surface area contributed by atoms with Gasteiger partial charge in [-0.3, -0.25) is 4.79 Å². The Hall–Kier alpha value is -5.48. The molecule has 0 amide bonds. The van der Waals surface area contributed by atoms with Gasteiger partial charge in [-0.15, -0.1) is 0 Å². The van der Waals surface area contributed by atoms with Gasteiger partial charge >= 0.3 is 5.97 Å². The maximum absolute atomic E-state index is 12.6. The minimum absolute atomic E-state index is 0.0277. The second-order valence-electron chi connectivity index (χ2n) is 9.97. The summed E-state index contributed by atoms with van der Waals surface area (Å²) in [5, 5.41) is 90.4. The Morgan fingerprint density at radius 3 is 2.29 bits per heavy atom. The number of phenolic OH excluding ortho intramolecular Hbond substituents is 5. The molecular formula is C30H26O15. The zero-order valence-electron chi connectivity index (χ0n) is 22.8. The third kappa shape index (κ3) is 6.27. The van der Waals surface area contributed by atoms with Gasteiger partial charge < -0.3 is 64.6 Å². The highest BCUT2D eigenvalue weighted by Crippen LogP contribution is 2.39. The van der Waals surface area contributed by atoms with Crippen molar-refractivity contribution in [1.82, 2.24) is 0 Å². The summed E-state index contributed by atoms with van der Waals surface area (Å²) in [4.78, 5) is 24.8. The van der Waals surface area contributed by atoms with Crippen LogP contribution in [0.4, 0.5) is 0 Å². The summed E-state index contributed by atoms with van der Waals surface area (Å²) >= 11 is 0. The summed E-state index contributed by atoms with van der Waals surface area (Å²) in [6, 6.07) is 9.22. The van der Waals surface area contributed by atoms with Crippen molar-refractivity contribution in [1.29, 1.82) is 0 Å². The Morgan fingerprint density at radius 1 is 0.822 bits per heavy atom. The molecule has 1 fully saturated rings. The van der Waals surface area contributed by atoms with Gasteiger partial charge in [0, 0.05) is 23.8 Å². The standard InChI is InChI=1S/C30H26O15/c31-14-9-18(35)23-20(10-14)43-29(27(40)25(23)38)13-3-5-19(17(34)8-13)44-30-28(41)26(39)24(37)21(45-30)11-42-22(36)6-2-12-1-4-15(32)16(33)7-12/h1-10,21,24,26,28,30-35,37,39-41H,11H2/b6-2+/t21-,24-,26+,28-,30-/m1/s1. The molecule has 236 valence electrons. The predicted octanol–water partition coefficient (Wildman–Crippen LogP) is 1.14. The average molecular weight is 627 g/mol. The highest BCUT2D eigenvalue weighted by Gasteiger charge is 2.45. The smallest absolute Gasteiger partial charge is 0.330 e. The first kappa shape index (κ1) is 31.0. The first-order valence-electron chi connectivity index (χ1n) is 13.1. The number of aliphatic hydroxyl groups excluding tert-OH is 3. The van der Waals surface area contributed by atoms with Crippen molar-refractivity contribution in [2.24, 2.45) is 0 Å². The molecule has 0 unspecified atom stereocenters. The Bertz CT molecular complexity index is 1850. The molecule has 0 aliphatic carbocycles. The molecule has 1 saturated heterocycles. The van der Waals surface area contributed by atoms with Crippen molar-refractivity contribution in [2.75, 3.05) is 6.61 Å². The third-order valence-corrected chi connectivity index (χ3v) is 6.87. The lowest BCUT2D eigenvalue weighted by molar-refractivity contribution is -0.278. The molecule has 5 atom stereocenters. The van der Waals surface area contributed by atoms with Gasteiger partial charge in [-0.2, -0.15) is 0 Å². The molecule has 0 bridgehead atoms. The summed E-state index contributed by atoms with van der Waals surface area (Å²) in [6.45, 7) is -0.592. The molecule has 5 rings (SSSR count). The molecule has 15 nitrogen and oxygen atoms in total. The summed E-state index contributed by atoms with van der Waals surface area (Å²) in [6.07, 6.45) is -6.14. The molecule has 3 aromatic carbocycles. The van der Waals surface area contributed by atoms with Crippen LogP contribution >= 0.6 is 0 Å². The largest absolute Gasteiger partial charge is 0.508 e. The van der Waals surface area contributed by atoms with Gasteiger partial charge in [0.15, 0.2) is 28.8 Å². The number of rotatable bonds is 7.